The van der Waals surface area contributed by atoms with Crippen molar-refractivity contribution < 1.29 is 9.15 Å². The highest BCUT2D eigenvalue weighted by Crippen LogP contribution is 2.30. The van der Waals surface area contributed by atoms with Crippen molar-refractivity contribution >= 4 is 10.9 Å². The summed E-state index contributed by atoms with van der Waals surface area (Å²) in [7, 11) is 1.68. The van der Waals surface area contributed by atoms with Gasteiger partial charge in [-0.05, 0) is 38.1 Å². The van der Waals surface area contributed by atoms with Crippen LogP contribution in [-0.2, 0) is 6.54 Å². The average Bonchev–Trinajstić information content (AvgIpc) is 3.30. The Labute approximate surface area is 174 Å². The molecule has 0 spiro atoms. The molecule has 0 radical (unpaired) electrons. The highest BCUT2D eigenvalue weighted by Gasteiger charge is 2.25. The molecule has 0 amide bonds. The van der Waals surface area contributed by atoms with Gasteiger partial charge < -0.3 is 9.15 Å². The van der Waals surface area contributed by atoms with E-state index in [1.54, 1.807) is 25.7 Å². The van der Waals surface area contributed by atoms with E-state index in [1.807, 2.05) is 12.1 Å². The van der Waals surface area contributed by atoms with Crippen LogP contribution >= 0.6 is 0 Å². The van der Waals surface area contributed by atoms with Gasteiger partial charge in [0.2, 0.25) is 5.89 Å². The molecule has 4 aromatic rings. The molecule has 1 aliphatic rings. The van der Waals surface area contributed by atoms with Crippen molar-refractivity contribution in [1.82, 2.24) is 30.0 Å². The van der Waals surface area contributed by atoms with Gasteiger partial charge in [-0.3, -0.25) is 9.88 Å². The van der Waals surface area contributed by atoms with Gasteiger partial charge in [0.25, 0.3) is 5.89 Å². The molecular formula is C22H22N6O2. The molecule has 30 heavy (non-hydrogen) atoms. The van der Waals surface area contributed by atoms with Crippen molar-refractivity contribution in [3.05, 3.63) is 60.5 Å². The SMILES string of the molecule is COc1cccc2ccc(CN3CCC(c4nnc(-c5cnccn5)o4)CC3)nc12. The predicted molar refractivity (Wildman–Crippen MR) is 111 cm³/mol. The van der Waals surface area contributed by atoms with Crippen LogP contribution in [0.4, 0.5) is 0 Å². The zero-order valence-corrected chi connectivity index (χ0v) is 16.7. The second-order valence-electron chi connectivity index (χ2n) is 7.42. The molecule has 1 aromatic carbocycles. The van der Waals surface area contributed by atoms with Gasteiger partial charge in [0, 0.05) is 30.2 Å². The Morgan fingerprint density at radius 3 is 2.80 bits per heavy atom. The molecule has 5 rings (SSSR count). The topological polar surface area (TPSA) is 90.1 Å². The van der Waals surface area contributed by atoms with Gasteiger partial charge in [-0.15, -0.1) is 10.2 Å². The molecule has 0 bridgehead atoms. The quantitative estimate of drug-likeness (QED) is 0.501. The third-order valence-electron chi connectivity index (χ3n) is 5.51. The first-order chi connectivity index (χ1) is 14.8. The van der Waals surface area contributed by atoms with Gasteiger partial charge >= 0.3 is 0 Å². The largest absolute Gasteiger partial charge is 0.494 e. The van der Waals surface area contributed by atoms with Crippen molar-refractivity contribution in [3.8, 4) is 17.3 Å². The number of pyridine rings is 1. The number of para-hydroxylation sites is 1. The molecule has 8 heteroatoms. The number of piperidine rings is 1. The Kier molecular flexibility index (Phi) is 5.06. The van der Waals surface area contributed by atoms with Crippen LogP contribution in [0, 0.1) is 0 Å². The number of hydrogen-bond acceptors (Lipinski definition) is 8. The van der Waals surface area contributed by atoms with E-state index in [9.17, 15) is 0 Å². The first-order valence-electron chi connectivity index (χ1n) is 10.0. The van der Waals surface area contributed by atoms with E-state index in [0.29, 0.717) is 17.5 Å². The van der Waals surface area contributed by atoms with Gasteiger partial charge in [0.05, 0.1) is 19.0 Å². The number of likely N-dealkylation sites (tertiary alicyclic amines) is 1. The van der Waals surface area contributed by atoms with Crippen molar-refractivity contribution in [2.24, 2.45) is 0 Å². The van der Waals surface area contributed by atoms with E-state index in [-0.39, 0.29) is 5.92 Å². The Morgan fingerprint density at radius 2 is 2.00 bits per heavy atom. The fourth-order valence-electron chi connectivity index (χ4n) is 3.89. The van der Waals surface area contributed by atoms with Crippen LogP contribution in [0.25, 0.3) is 22.5 Å². The summed E-state index contributed by atoms with van der Waals surface area (Å²) in [6.45, 7) is 2.73. The number of rotatable bonds is 5. The molecule has 3 aromatic heterocycles. The molecule has 0 N–H and O–H groups in total. The molecule has 0 unspecified atom stereocenters. The van der Waals surface area contributed by atoms with Crippen LogP contribution in [0.15, 0.2) is 53.3 Å². The fourth-order valence-corrected chi connectivity index (χ4v) is 3.89. The minimum absolute atomic E-state index is 0.267. The summed E-state index contributed by atoms with van der Waals surface area (Å²) in [5.41, 5.74) is 2.56. The van der Waals surface area contributed by atoms with Crippen LogP contribution in [0.3, 0.4) is 0 Å². The Hall–Kier alpha value is -3.39. The van der Waals surface area contributed by atoms with E-state index in [2.05, 4.69) is 43.3 Å². The van der Waals surface area contributed by atoms with Crippen molar-refractivity contribution in [2.75, 3.05) is 20.2 Å². The maximum absolute atomic E-state index is 5.87. The summed E-state index contributed by atoms with van der Waals surface area (Å²) >= 11 is 0. The van der Waals surface area contributed by atoms with Gasteiger partial charge in [-0.1, -0.05) is 18.2 Å². The number of hydrogen-bond donors (Lipinski definition) is 0. The van der Waals surface area contributed by atoms with Gasteiger partial charge in [-0.25, -0.2) is 9.97 Å². The molecule has 0 aliphatic carbocycles. The zero-order chi connectivity index (χ0) is 20.3. The molecular weight excluding hydrogens is 380 g/mol. The van der Waals surface area contributed by atoms with Gasteiger partial charge in [0.1, 0.15) is 17.0 Å². The van der Waals surface area contributed by atoms with E-state index in [4.69, 9.17) is 14.1 Å². The number of methoxy groups -OCH3 is 1. The minimum atomic E-state index is 0.267. The third-order valence-corrected chi connectivity index (χ3v) is 5.51. The summed E-state index contributed by atoms with van der Waals surface area (Å²) in [5.74, 6) is 2.19. The number of ether oxygens (including phenoxy) is 1. The Balaban J connectivity index is 1.23. The molecule has 4 heterocycles. The van der Waals surface area contributed by atoms with E-state index >= 15 is 0 Å². The Bertz CT molecular complexity index is 1140. The molecule has 1 aliphatic heterocycles. The lowest BCUT2D eigenvalue weighted by Crippen LogP contribution is -2.32. The minimum Gasteiger partial charge on any atom is -0.494 e. The summed E-state index contributed by atoms with van der Waals surface area (Å²) < 4.78 is 11.3. The lowest BCUT2D eigenvalue weighted by Gasteiger charge is -2.30. The summed E-state index contributed by atoms with van der Waals surface area (Å²) in [4.78, 5) is 15.5. The maximum Gasteiger partial charge on any atom is 0.267 e. The van der Waals surface area contributed by atoms with Crippen LogP contribution in [0.1, 0.15) is 30.3 Å². The lowest BCUT2D eigenvalue weighted by atomic mass is 9.96. The average molecular weight is 402 g/mol. The highest BCUT2D eigenvalue weighted by molar-refractivity contribution is 5.84. The highest BCUT2D eigenvalue weighted by atomic mass is 16.5. The number of aromatic nitrogens is 5. The zero-order valence-electron chi connectivity index (χ0n) is 16.7. The molecule has 152 valence electrons. The van der Waals surface area contributed by atoms with Crippen LogP contribution in [-0.4, -0.2) is 50.2 Å². The second-order valence-corrected chi connectivity index (χ2v) is 7.42. The van der Waals surface area contributed by atoms with E-state index in [1.165, 1.54) is 0 Å². The molecule has 1 fully saturated rings. The second kappa shape index (κ2) is 8.16. The number of fused-ring (bicyclic) bond motifs is 1. The first-order valence-corrected chi connectivity index (χ1v) is 10.0. The number of benzene rings is 1. The summed E-state index contributed by atoms with van der Waals surface area (Å²) in [5, 5.41) is 9.48. The van der Waals surface area contributed by atoms with Crippen molar-refractivity contribution in [1.29, 1.82) is 0 Å². The smallest absolute Gasteiger partial charge is 0.267 e. The molecule has 1 saturated heterocycles. The van der Waals surface area contributed by atoms with Crippen molar-refractivity contribution in [2.45, 2.75) is 25.3 Å². The van der Waals surface area contributed by atoms with Crippen LogP contribution in [0.5, 0.6) is 5.75 Å². The van der Waals surface area contributed by atoms with E-state index in [0.717, 1.165) is 54.8 Å². The Morgan fingerprint density at radius 1 is 1.10 bits per heavy atom. The third kappa shape index (κ3) is 3.73. The van der Waals surface area contributed by atoms with E-state index < -0.39 is 0 Å². The van der Waals surface area contributed by atoms with Gasteiger partial charge in [-0.2, -0.15) is 0 Å². The first kappa shape index (κ1) is 18.6. The summed E-state index contributed by atoms with van der Waals surface area (Å²) in [6, 6.07) is 10.2. The molecule has 8 nitrogen and oxygen atoms in total. The fraction of sp³-hybridized carbons (Fsp3) is 0.318. The maximum atomic E-state index is 5.87. The van der Waals surface area contributed by atoms with Crippen molar-refractivity contribution in [3.63, 3.8) is 0 Å². The summed E-state index contributed by atoms with van der Waals surface area (Å²) in [6.07, 6.45) is 6.81. The predicted octanol–water partition coefficient (Wildman–Crippen LogP) is 3.46. The van der Waals surface area contributed by atoms with Gasteiger partial charge in [0.15, 0.2) is 0 Å². The normalized spacial score (nSPS) is 15.5. The monoisotopic (exact) mass is 402 g/mol. The van der Waals surface area contributed by atoms with Crippen LogP contribution < -0.4 is 4.74 Å². The number of nitrogens with zero attached hydrogens (tertiary/aromatic N) is 6. The molecule has 0 atom stereocenters. The lowest BCUT2D eigenvalue weighted by molar-refractivity contribution is 0.191. The van der Waals surface area contributed by atoms with Crippen LogP contribution in [0.2, 0.25) is 0 Å². The standard InChI is InChI=1S/C22H22N6O2/c1-29-19-4-2-3-15-5-6-17(25-20(15)19)14-28-11-7-16(8-12-28)21-26-27-22(30-21)18-13-23-9-10-24-18/h2-6,9-10,13,16H,7-8,11-12,14H2,1H3. The molecule has 0 saturated carbocycles.